The third-order valence-electron chi connectivity index (χ3n) is 2.68. The summed E-state index contributed by atoms with van der Waals surface area (Å²) in [7, 11) is 3.10. The van der Waals surface area contributed by atoms with Gasteiger partial charge in [-0.2, -0.15) is 0 Å². The van der Waals surface area contributed by atoms with Crippen molar-refractivity contribution in [3.8, 4) is 11.5 Å². The summed E-state index contributed by atoms with van der Waals surface area (Å²) in [5, 5.41) is 0. The highest BCUT2D eigenvalue weighted by Gasteiger charge is 2.13. The molecule has 110 valence electrons. The van der Waals surface area contributed by atoms with E-state index in [0.29, 0.717) is 11.5 Å². The lowest BCUT2D eigenvalue weighted by Crippen LogP contribution is -2.08. The van der Waals surface area contributed by atoms with E-state index in [2.05, 4.69) is 25.9 Å². The van der Waals surface area contributed by atoms with E-state index < -0.39 is 5.97 Å². The highest BCUT2D eigenvalue weighted by molar-refractivity contribution is 9.10. The normalized spacial score (nSPS) is 10.0. The van der Waals surface area contributed by atoms with Crippen molar-refractivity contribution in [3.05, 3.63) is 46.5 Å². The summed E-state index contributed by atoms with van der Waals surface area (Å²) in [6.45, 7) is 0.0797. The lowest BCUT2D eigenvalue weighted by molar-refractivity contribution is 0.0464. The fourth-order valence-corrected chi connectivity index (χ4v) is 2.07. The first-order chi connectivity index (χ1) is 10.2. The Morgan fingerprint density at radius 2 is 1.90 bits per heavy atom. The van der Waals surface area contributed by atoms with Crippen molar-refractivity contribution >= 4 is 21.9 Å². The largest absolute Gasteiger partial charge is 0.493 e. The van der Waals surface area contributed by atoms with Crippen LogP contribution in [0.25, 0.3) is 0 Å². The molecule has 0 aliphatic carbocycles. The Bertz CT molecular complexity index is 634. The number of aromatic nitrogens is 2. The number of methoxy groups -OCH3 is 2. The monoisotopic (exact) mass is 352 g/mol. The van der Waals surface area contributed by atoms with Gasteiger partial charge in [0, 0.05) is 22.4 Å². The summed E-state index contributed by atoms with van der Waals surface area (Å²) in [6.07, 6.45) is 4.27. The van der Waals surface area contributed by atoms with Crippen molar-refractivity contribution in [3.63, 3.8) is 0 Å². The van der Waals surface area contributed by atoms with E-state index >= 15 is 0 Å². The Kier molecular flexibility index (Phi) is 5.10. The average Bonchev–Trinajstić information content (AvgIpc) is 2.53. The molecule has 7 heteroatoms. The van der Waals surface area contributed by atoms with Gasteiger partial charge in [0.05, 0.1) is 20.4 Å². The van der Waals surface area contributed by atoms with Crippen LogP contribution in [-0.4, -0.2) is 30.2 Å². The van der Waals surface area contributed by atoms with Crippen molar-refractivity contribution in [2.24, 2.45) is 0 Å². The van der Waals surface area contributed by atoms with E-state index in [1.807, 2.05) is 0 Å². The van der Waals surface area contributed by atoms with Crippen LogP contribution in [0.2, 0.25) is 0 Å². The van der Waals surface area contributed by atoms with Crippen LogP contribution >= 0.6 is 15.9 Å². The third kappa shape index (κ3) is 3.69. The van der Waals surface area contributed by atoms with Crippen molar-refractivity contribution in [2.45, 2.75) is 6.61 Å². The molecule has 6 nitrogen and oxygen atoms in total. The summed E-state index contributed by atoms with van der Waals surface area (Å²) in [5.41, 5.74) is 0.916. The molecule has 0 unspecified atom stereocenters. The molecule has 1 aromatic heterocycles. The van der Waals surface area contributed by atoms with E-state index in [-0.39, 0.29) is 12.3 Å². The fraction of sp³-hybridized carbons (Fsp3) is 0.214. The van der Waals surface area contributed by atoms with E-state index in [0.717, 1.165) is 10.0 Å². The maximum atomic E-state index is 11.8. The van der Waals surface area contributed by atoms with Gasteiger partial charge in [-0.1, -0.05) is 15.9 Å². The van der Waals surface area contributed by atoms with Crippen LogP contribution in [-0.2, 0) is 11.3 Å². The topological polar surface area (TPSA) is 70.5 Å². The van der Waals surface area contributed by atoms with Gasteiger partial charge in [-0.3, -0.25) is 4.98 Å². The second-order valence-corrected chi connectivity index (χ2v) is 4.82. The van der Waals surface area contributed by atoms with Gasteiger partial charge in [0.1, 0.15) is 6.61 Å². The van der Waals surface area contributed by atoms with E-state index in [1.165, 1.54) is 18.6 Å². The molecule has 0 spiro atoms. The predicted octanol–water partition coefficient (Wildman–Crippen LogP) is 2.61. The number of hydrogen-bond donors (Lipinski definition) is 0. The molecule has 1 heterocycles. The minimum absolute atomic E-state index is 0.0797. The van der Waals surface area contributed by atoms with E-state index in [4.69, 9.17) is 14.2 Å². The van der Waals surface area contributed by atoms with Gasteiger partial charge in [-0.15, -0.1) is 0 Å². The Hall–Kier alpha value is -2.15. The highest BCUT2D eigenvalue weighted by atomic mass is 79.9. The molecule has 0 aliphatic heterocycles. The number of ether oxygens (including phenoxy) is 3. The molecular formula is C14H13BrN2O4. The molecular weight excluding hydrogens is 340 g/mol. The van der Waals surface area contributed by atoms with Gasteiger partial charge >= 0.3 is 5.97 Å². The van der Waals surface area contributed by atoms with Gasteiger partial charge < -0.3 is 14.2 Å². The van der Waals surface area contributed by atoms with Crippen LogP contribution in [0, 0.1) is 0 Å². The summed E-state index contributed by atoms with van der Waals surface area (Å²) in [5.74, 6) is 0.615. The third-order valence-corrected chi connectivity index (χ3v) is 3.42. The van der Waals surface area contributed by atoms with Crippen LogP contribution in [0.1, 0.15) is 16.1 Å². The summed E-state index contributed by atoms with van der Waals surface area (Å²) in [4.78, 5) is 19.5. The number of esters is 1. The van der Waals surface area contributed by atoms with Gasteiger partial charge in [0.25, 0.3) is 0 Å². The van der Waals surface area contributed by atoms with Crippen molar-refractivity contribution < 1.29 is 19.0 Å². The Morgan fingerprint density at radius 3 is 2.52 bits per heavy atom. The molecule has 0 saturated heterocycles. The molecule has 0 fully saturated rings. The molecule has 0 amide bonds. The zero-order chi connectivity index (χ0) is 15.2. The smallest absolute Gasteiger partial charge is 0.358 e. The van der Waals surface area contributed by atoms with Crippen molar-refractivity contribution in [1.82, 2.24) is 9.97 Å². The number of nitrogens with zero attached hydrogens (tertiary/aromatic N) is 2. The first-order valence-corrected chi connectivity index (χ1v) is 6.78. The number of benzene rings is 1. The first kappa shape index (κ1) is 15.2. The number of hydrogen-bond acceptors (Lipinski definition) is 6. The molecule has 0 bridgehead atoms. The summed E-state index contributed by atoms with van der Waals surface area (Å²) >= 11 is 3.40. The second kappa shape index (κ2) is 7.03. The van der Waals surface area contributed by atoms with Crippen LogP contribution in [0.3, 0.4) is 0 Å². The van der Waals surface area contributed by atoms with E-state index in [9.17, 15) is 4.79 Å². The minimum atomic E-state index is -0.537. The van der Waals surface area contributed by atoms with Gasteiger partial charge in [-0.25, -0.2) is 9.78 Å². The molecule has 0 aliphatic rings. The highest BCUT2D eigenvalue weighted by Crippen LogP contribution is 2.33. The van der Waals surface area contributed by atoms with Crippen molar-refractivity contribution in [1.29, 1.82) is 0 Å². The van der Waals surface area contributed by atoms with Gasteiger partial charge in [0.2, 0.25) is 0 Å². The lowest BCUT2D eigenvalue weighted by Gasteiger charge is -2.12. The zero-order valence-corrected chi connectivity index (χ0v) is 13.1. The Morgan fingerprint density at radius 1 is 1.19 bits per heavy atom. The number of carbonyl (C=O) groups is 1. The minimum Gasteiger partial charge on any atom is -0.493 e. The molecule has 21 heavy (non-hydrogen) atoms. The van der Waals surface area contributed by atoms with Gasteiger partial charge in [0.15, 0.2) is 17.2 Å². The zero-order valence-electron chi connectivity index (χ0n) is 11.5. The SMILES string of the molecule is COc1cc(Br)c(COC(=O)c2cnccn2)cc1OC. The standard InChI is InChI=1S/C14H13BrN2O4/c1-19-12-5-9(10(15)6-13(12)20-2)8-21-14(18)11-7-16-3-4-17-11/h3-7H,8H2,1-2H3. The van der Waals surface area contributed by atoms with E-state index in [1.54, 1.807) is 26.4 Å². The Labute approximate surface area is 130 Å². The molecule has 2 aromatic rings. The Balaban J connectivity index is 2.11. The number of halogens is 1. The van der Waals surface area contributed by atoms with Crippen LogP contribution in [0.15, 0.2) is 35.2 Å². The molecule has 0 atom stereocenters. The quantitative estimate of drug-likeness (QED) is 0.770. The molecule has 2 rings (SSSR count). The molecule has 0 radical (unpaired) electrons. The average molecular weight is 353 g/mol. The van der Waals surface area contributed by atoms with Crippen molar-refractivity contribution in [2.75, 3.05) is 14.2 Å². The van der Waals surface area contributed by atoms with Crippen LogP contribution < -0.4 is 9.47 Å². The first-order valence-electron chi connectivity index (χ1n) is 5.99. The molecule has 1 aromatic carbocycles. The predicted molar refractivity (Wildman–Crippen MR) is 78.4 cm³/mol. The fourth-order valence-electron chi connectivity index (χ4n) is 1.63. The van der Waals surface area contributed by atoms with Crippen LogP contribution in [0.5, 0.6) is 11.5 Å². The lowest BCUT2D eigenvalue weighted by atomic mass is 10.2. The number of carbonyl (C=O) groups excluding carboxylic acids is 1. The number of rotatable bonds is 5. The maximum absolute atomic E-state index is 11.8. The summed E-state index contributed by atoms with van der Waals surface area (Å²) < 4.78 is 16.4. The second-order valence-electron chi connectivity index (χ2n) is 3.97. The maximum Gasteiger partial charge on any atom is 0.358 e. The van der Waals surface area contributed by atoms with Crippen LogP contribution in [0.4, 0.5) is 0 Å². The van der Waals surface area contributed by atoms with Gasteiger partial charge in [-0.05, 0) is 12.1 Å². The molecule has 0 N–H and O–H groups in total. The molecule has 0 saturated carbocycles. The summed E-state index contributed by atoms with van der Waals surface area (Å²) in [6, 6.07) is 3.50.